The van der Waals surface area contributed by atoms with Crippen molar-refractivity contribution in [3.05, 3.63) is 34.4 Å². The van der Waals surface area contributed by atoms with Crippen LogP contribution in [-0.4, -0.2) is 11.7 Å². The lowest BCUT2D eigenvalue weighted by Gasteiger charge is -2.39. The molecule has 4 aliphatic rings. The third kappa shape index (κ3) is 0.955. The second kappa shape index (κ2) is 2.90. The Bertz CT molecular complexity index is 585. The molecule has 1 aliphatic heterocycles. The molecule has 0 radical (unpaired) electrons. The van der Waals surface area contributed by atoms with E-state index >= 15 is 0 Å². The first-order valence-electron chi connectivity index (χ1n) is 6.00. The first-order chi connectivity index (χ1) is 8.47. The lowest BCUT2D eigenvalue weighted by Crippen LogP contribution is -2.38. The van der Waals surface area contributed by atoms with Gasteiger partial charge in [0.05, 0.1) is 11.7 Å². The van der Waals surface area contributed by atoms with Crippen LogP contribution >= 0.6 is 0 Å². The lowest BCUT2D eigenvalue weighted by molar-refractivity contribution is 0.264. The molecule has 18 heavy (non-hydrogen) atoms. The van der Waals surface area contributed by atoms with Gasteiger partial charge in [0.15, 0.2) is 23.3 Å². The van der Waals surface area contributed by atoms with Crippen molar-refractivity contribution in [3.63, 3.8) is 0 Å². The van der Waals surface area contributed by atoms with Gasteiger partial charge in [0.1, 0.15) is 0 Å². The van der Waals surface area contributed by atoms with E-state index in [1.807, 2.05) is 6.92 Å². The van der Waals surface area contributed by atoms with Crippen LogP contribution in [0.15, 0.2) is 0 Å². The van der Waals surface area contributed by atoms with Gasteiger partial charge in [-0.15, -0.1) is 0 Å². The van der Waals surface area contributed by atoms with Crippen molar-refractivity contribution in [1.29, 1.82) is 0 Å². The number of rotatable bonds is 0. The Balaban J connectivity index is 2.07. The molecular weight excluding hydrogens is 248 g/mol. The summed E-state index contributed by atoms with van der Waals surface area (Å²) >= 11 is 0. The van der Waals surface area contributed by atoms with Crippen LogP contribution < -0.4 is 0 Å². The molecule has 0 aromatic heterocycles. The van der Waals surface area contributed by atoms with Gasteiger partial charge in [0.25, 0.3) is 0 Å². The van der Waals surface area contributed by atoms with Crippen molar-refractivity contribution in [2.75, 3.05) is 0 Å². The number of epoxide rings is 1. The Labute approximate surface area is 101 Å². The third-order valence-electron chi connectivity index (χ3n) is 4.77. The van der Waals surface area contributed by atoms with Crippen LogP contribution in [-0.2, 0) is 4.74 Å². The summed E-state index contributed by atoms with van der Waals surface area (Å²) in [5, 5.41) is 0. The van der Waals surface area contributed by atoms with E-state index in [2.05, 4.69) is 0 Å². The van der Waals surface area contributed by atoms with Crippen molar-refractivity contribution in [2.45, 2.75) is 43.3 Å². The smallest absolute Gasteiger partial charge is 0.197 e. The standard InChI is InChI=1S/C13H10F4O/c1-13-5-3-2-4(12(13)18-13)6-7(5)9(15)11(17)10(16)8(6)14/h4-5,12H,2-3H2,1H3/t4-,5-,12+,13-/m0/s1. The zero-order valence-corrected chi connectivity index (χ0v) is 9.57. The lowest BCUT2D eigenvalue weighted by atomic mass is 9.62. The minimum Gasteiger partial charge on any atom is -0.365 e. The van der Waals surface area contributed by atoms with Gasteiger partial charge in [-0.1, -0.05) is 0 Å². The van der Waals surface area contributed by atoms with E-state index in [-0.39, 0.29) is 29.1 Å². The molecule has 0 unspecified atom stereocenters. The van der Waals surface area contributed by atoms with Crippen LogP contribution in [0.3, 0.4) is 0 Å². The minimum absolute atomic E-state index is 0.00102. The molecule has 96 valence electrons. The van der Waals surface area contributed by atoms with Crippen molar-refractivity contribution >= 4 is 0 Å². The molecule has 2 fully saturated rings. The topological polar surface area (TPSA) is 12.5 Å². The maximum Gasteiger partial charge on any atom is 0.197 e. The van der Waals surface area contributed by atoms with E-state index in [1.165, 1.54) is 0 Å². The SMILES string of the molecule is C[C@@]12O[C@@H]1[C@H]1CC[C@H]2c2c(F)c(F)c(F)c(F)c21. The Morgan fingerprint density at radius 3 is 2.22 bits per heavy atom. The zero-order chi connectivity index (χ0) is 12.8. The highest BCUT2D eigenvalue weighted by Gasteiger charge is 2.68. The molecule has 0 amide bonds. The summed E-state index contributed by atoms with van der Waals surface area (Å²) in [5.74, 6) is -6.61. The first-order valence-corrected chi connectivity index (χ1v) is 6.00. The zero-order valence-electron chi connectivity index (χ0n) is 9.57. The summed E-state index contributed by atoms with van der Waals surface area (Å²) in [6.07, 6.45) is 1.09. The summed E-state index contributed by atoms with van der Waals surface area (Å²) in [6.45, 7) is 1.83. The predicted octanol–water partition coefficient (Wildman–Crippen LogP) is 3.38. The van der Waals surface area contributed by atoms with E-state index in [0.717, 1.165) is 0 Å². The molecule has 0 N–H and O–H groups in total. The van der Waals surface area contributed by atoms with Gasteiger partial charge in [0.2, 0.25) is 0 Å². The fourth-order valence-corrected chi connectivity index (χ4v) is 3.88. The van der Waals surface area contributed by atoms with E-state index in [0.29, 0.717) is 12.8 Å². The highest BCUT2D eigenvalue weighted by atomic mass is 19.2. The first kappa shape index (κ1) is 10.8. The second-order valence-electron chi connectivity index (χ2n) is 5.54. The molecule has 5 rings (SSSR count). The van der Waals surface area contributed by atoms with Crippen molar-refractivity contribution in [1.82, 2.24) is 0 Å². The monoisotopic (exact) mass is 258 g/mol. The average Bonchev–Trinajstić information content (AvgIpc) is 3.08. The average molecular weight is 258 g/mol. The van der Waals surface area contributed by atoms with Crippen LogP contribution in [0.4, 0.5) is 17.6 Å². The number of benzene rings is 1. The molecule has 0 spiro atoms. The quantitative estimate of drug-likeness (QED) is 0.301. The molecule has 1 saturated heterocycles. The van der Waals surface area contributed by atoms with Crippen molar-refractivity contribution in [2.24, 2.45) is 0 Å². The van der Waals surface area contributed by atoms with E-state index in [4.69, 9.17) is 4.74 Å². The van der Waals surface area contributed by atoms with Gasteiger partial charge in [-0.05, 0) is 19.8 Å². The number of hydrogen-bond acceptors (Lipinski definition) is 1. The number of hydrogen-bond donors (Lipinski definition) is 0. The molecule has 1 nitrogen and oxygen atoms in total. The minimum atomic E-state index is -1.71. The van der Waals surface area contributed by atoms with E-state index < -0.39 is 28.9 Å². The van der Waals surface area contributed by atoms with Crippen molar-refractivity contribution in [3.8, 4) is 0 Å². The maximum absolute atomic E-state index is 13.9. The van der Waals surface area contributed by atoms with E-state index in [9.17, 15) is 17.6 Å². The molecule has 1 saturated carbocycles. The fraction of sp³-hybridized carbons (Fsp3) is 0.538. The molecule has 1 aromatic rings. The Morgan fingerprint density at radius 2 is 1.56 bits per heavy atom. The molecule has 2 bridgehead atoms. The largest absolute Gasteiger partial charge is 0.365 e. The van der Waals surface area contributed by atoms with Gasteiger partial charge >= 0.3 is 0 Å². The Hall–Kier alpha value is -1.10. The van der Waals surface area contributed by atoms with Crippen LogP contribution in [0.1, 0.15) is 42.7 Å². The van der Waals surface area contributed by atoms with Crippen LogP contribution in [0.5, 0.6) is 0 Å². The summed E-state index contributed by atoms with van der Waals surface area (Å²) in [4.78, 5) is 0. The molecular formula is C13H10F4O. The maximum atomic E-state index is 13.9. The summed E-state index contributed by atoms with van der Waals surface area (Å²) in [5.41, 5.74) is -0.519. The van der Waals surface area contributed by atoms with Crippen LogP contribution in [0.25, 0.3) is 0 Å². The normalized spacial score (nSPS) is 39.5. The summed E-state index contributed by atoms with van der Waals surface area (Å²) in [6, 6.07) is 0. The molecule has 4 atom stereocenters. The number of fused-ring (bicyclic) bond motifs is 1. The second-order valence-corrected chi connectivity index (χ2v) is 5.54. The summed E-state index contributed by atoms with van der Waals surface area (Å²) in [7, 11) is 0. The molecule has 1 aromatic carbocycles. The van der Waals surface area contributed by atoms with Gasteiger partial charge in [-0.3, -0.25) is 0 Å². The van der Waals surface area contributed by atoms with E-state index in [1.54, 1.807) is 0 Å². The van der Waals surface area contributed by atoms with Gasteiger partial charge in [0, 0.05) is 23.0 Å². The number of ether oxygens (including phenoxy) is 1. The third-order valence-corrected chi connectivity index (χ3v) is 4.77. The highest BCUT2D eigenvalue weighted by molar-refractivity contribution is 5.48. The van der Waals surface area contributed by atoms with Gasteiger partial charge < -0.3 is 4.74 Å². The molecule has 5 heteroatoms. The van der Waals surface area contributed by atoms with Gasteiger partial charge in [-0.2, -0.15) is 0 Å². The molecule has 3 aliphatic carbocycles. The Morgan fingerprint density at radius 1 is 0.944 bits per heavy atom. The van der Waals surface area contributed by atoms with Gasteiger partial charge in [-0.25, -0.2) is 17.6 Å². The highest BCUT2D eigenvalue weighted by Crippen LogP contribution is 2.66. The van der Waals surface area contributed by atoms with Crippen molar-refractivity contribution < 1.29 is 22.3 Å². The fourth-order valence-electron chi connectivity index (χ4n) is 3.88. The number of halogens is 4. The predicted molar refractivity (Wildman–Crippen MR) is 54.3 cm³/mol. The summed E-state index contributed by atoms with van der Waals surface area (Å²) < 4.78 is 60.0. The molecule has 1 heterocycles. The van der Waals surface area contributed by atoms with Crippen LogP contribution in [0.2, 0.25) is 0 Å². The van der Waals surface area contributed by atoms with Crippen LogP contribution in [0, 0.1) is 23.3 Å². The Kier molecular flexibility index (Phi) is 1.74.